The fourth-order valence-corrected chi connectivity index (χ4v) is 4.45. The van der Waals surface area contributed by atoms with Gasteiger partial charge in [-0.25, -0.2) is 8.42 Å². The molecule has 3 rings (SSSR count). The molecule has 0 bridgehead atoms. The molecule has 1 fully saturated rings. The van der Waals surface area contributed by atoms with Gasteiger partial charge in [0, 0.05) is 31.2 Å². The molecule has 1 saturated heterocycles. The fraction of sp³-hybridized carbons (Fsp3) is 0.353. The van der Waals surface area contributed by atoms with Gasteiger partial charge in [0.25, 0.3) is 5.91 Å². The Balaban J connectivity index is 1.70. The van der Waals surface area contributed by atoms with Gasteiger partial charge in [-0.2, -0.15) is 4.31 Å². The summed E-state index contributed by atoms with van der Waals surface area (Å²) in [6, 6.07) is 7.81. The average molecular weight is 383 g/mol. The lowest BCUT2D eigenvalue weighted by Crippen LogP contribution is -2.50. The molecule has 0 N–H and O–H groups in total. The largest absolute Gasteiger partial charge is 0.466 e. The van der Waals surface area contributed by atoms with Crippen molar-refractivity contribution in [2.24, 2.45) is 0 Å². The Morgan fingerprint density at radius 2 is 1.68 bits per heavy atom. The average Bonchev–Trinajstić information content (AvgIpc) is 2.93. The maximum absolute atomic E-state index is 12.7. The molecule has 25 heavy (non-hydrogen) atoms. The van der Waals surface area contributed by atoms with Crippen LogP contribution in [0.4, 0.5) is 0 Å². The van der Waals surface area contributed by atoms with E-state index in [1.807, 2.05) is 0 Å². The second kappa shape index (κ2) is 6.82. The number of hydrogen-bond donors (Lipinski definition) is 0. The van der Waals surface area contributed by atoms with Gasteiger partial charge in [-0.05, 0) is 44.2 Å². The van der Waals surface area contributed by atoms with E-state index in [0.717, 1.165) is 0 Å². The molecule has 6 nitrogen and oxygen atoms in total. The van der Waals surface area contributed by atoms with Crippen molar-refractivity contribution >= 4 is 27.5 Å². The molecule has 1 aromatic heterocycles. The van der Waals surface area contributed by atoms with Crippen LogP contribution in [0, 0.1) is 13.8 Å². The molecule has 0 radical (unpaired) electrons. The summed E-state index contributed by atoms with van der Waals surface area (Å²) in [6.07, 6.45) is 0. The number of carbonyl (C=O) groups is 1. The third-order valence-corrected chi connectivity index (χ3v) is 6.41. The van der Waals surface area contributed by atoms with E-state index >= 15 is 0 Å². The number of furan rings is 1. The molecule has 1 amide bonds. The highest BCUT2D eigenvalue weighted by Gasteiger charge is 2.31. The third-order valence-electron chi connectivity index (χ3n) is 4.25. The van der Waals surface area contributed by atoms with Gasteiger partial charge in [-0.3, -0.25) is 4.79 Å². The second-order valence-corrected chi connectivity index (χ2v) is 8.35. The molecule has 8 heteroatoms. The number of rotatable bonds is 3. The lowest BCUT2D eigenvalue weighted by molar-refractivity contribution is 0.0696. The van der Waals surface area contributed by atoms with Crippen LogP contribution in [0.15, 0.2) is 39.6 Å². The lowest BCUT2D eigenvalue weighted by Gasteiger charge is -2.34. The van der Waals surface area contributed by atoms with Gasteiger partial charge in [0.1, 0.15) is 11.5 Å². The minimum Gasteiger partial charge on any atom is -0.466 e. The van der Waals surface area contributed by atoms with Crippen molar-refractivity contribution in [3.63, 3.8) is 0 Å². The van der Waals surface area contributed by atoms with Crippen molar-refractivity contribution in [2.75, 3.05) is 26.2 Å². The van der Waals surface area contributed by atoms with Crippen LogP contribution in [0.2, 0.25) is 5.02 Å². The molecule has 2 heterocycles. The maximum Gasteiger partial charge on any atom is 0.257 e. The van der Waals surface area contributed by atoms with Crippen LogP contribution in [-0.4, -0.2) is 49.7 Å². The van der Waals surface area contributed by atoms with Crippen LogP contribution >= 0.6 is 11.6 Å². The van der Waals surface area contributed by atoms with Crippen LogP contribution in [0.5, 0.6) is 0 Å². The van der Waals surface area contributed by atoms with Crippen LogP contribution < -0.4 is 0 Å². The van der Waals surface area contributed by atoms with E-state index < -0.39 is 10.0 Å². The van der Waals surface area contributed by atoms with Crippen molar-refractivity contribution in [1.29, 1.82) is 0 Å². The third kappa shape index (κ3) is 3.58. The van der Waals surface area contributed by atoms with E-state index in [1.165, 1.54) is 16.4 Å². The number of carbonyl (C=O) groups excluding carboxylic acids is 1. The number of aryl methyl sites for hydroxylation is 2. The molecule has 1 aliphatic rings. The Bertz CT molecular complexity index is 882. The van der Waals surface area contributed by atoms with E-state index in [0.29, 0.717) is 35.2 Å². The highest BCUT2D eigenvalue weighted by Crippen LogP contribution is 2.21. The zero-order valence-corrected chi connectivity index (χ0v) is 15.6. The molecule has 1 aromatic carbocycles. The second-order valence-electron chi connectivity index (χ2n) is 5.98. The predicted molar refractivity (Wildman–Crippen MR) is 94.3 cm³/mol. The van der Waals surface area contributed by atoms with Gasteiger partial charge in [0.2, 0.25) is 10.0 Å². The lowest BCUT2D eigenvalue weighted by atomic mass is 10.2. The summed E-state index contributed by atoms with van der Waals surface area (Å²) in [7, 11) is -3.58. The summed E-state index contributed by atoms with van der Waals surface area (Å²) in [5.41, 5.74) is 0.534. The van der Waals surface area contributed by atoms with E-state index in [4.69, 9.17) is 16.0 Å². The first-order valence-electron chi connectivity index (χ1n) is 7.91. The van der Waals surface area contributed by atoms with Crippen LogP contribution in [0.25, 0.3) is 0 Å². The number of nitrogens with zero attached hydrogens (tertiary/aromatic N) is 2. The van der Waals surface area contributed by atoms with Crippen molar-refractivity contribution in [2.45, 2.75) is 18.7 Å². The number of hydrogen-bond acceptors (Lipinski definition) is 4. The summed E-state index contributed by atoms with van der Waals surface area (Å²) >= 11 is 5.81. The summed E-state index contributed by atoms with van der Waals surface area (Å²) < 4.78 is 32.1. The minimum atomic E-state index is -3.58. The zero-order chi connectivity index (χ0) is 18.2. The molecule has 1 aliphatic heterocycles. The SMILES string of the molecule is Cc1cc(C(=O)N2CCN(S(=O)(=O)c3ccc(Cl)cc3)CC2)c(C)o1. The molecule has 0 aliphatic carbocycles. The van der Waals surface area contributed by atoms with Crippen LogP contribution in [-0.2, 0) is 10.0 Å². The Hall–Kier alpha value is -1.83. The first kappa shape index (κ1) is 18.0. The topological polar surface area (TPSA) is 70.8 Å². The van der Waals surface area contributed by atoms with E-state index in [-0.39, 0.29) is 23.9 Å². The summed E-state index contributed by atoms with van der Waals surface area (Å²) in [5, 5.41) is 0.486. The van der Waals surface area contributed by atoms with Crippen molar-refractivity contribution < 1.29 is 17.6 Å². The number of benzene rings is 1. The Morgan fingerprint density at radius 1 is 1.08 bits per heavy atom. The number of halogens is 1. The number of amides is 1. The van der Waals surface area contributed by atoms with E-state index in [1.54, 1.807) is 36.9 Å². The van der Waals surface area contributed by atoms with Gasteiger partial charge in [-0.1, -0.05) is 11.6 Å². The molecule has 134 valence electrons. The van der Waals surface area contributed by atoms with Crippen molar-refractivity contribution in [3.8, 4) is 0 Å². The van der Waals surface area contributed by atoms with Gasteiger partial charge in [-0.15, -0.1) is 0 Å². The fourth-order valence-electron chi connectivity index (χ4n) is 2.90. The van der Waals surface area contributed by atoms with Crippen LogP contribution in [0.1, 0.15) is 21.9 Å². The van der Waals surface area contributed by atoms with Gasteiger partial charge in [0.15, 0.2) is 0 Å². The number of piperazine rings is 1. The molecule has 0 spiro atoms. The summed E-state index contributed by atoms with van der Waals surface area (Å²) in [6.45, 7) is 4.74. The quantitative estimate of drug-likeness (QED) is 0.818. The van der Waals surface area contributed by atoms with Crippen molar-refractivity contribution in [1.82, 2.24) is 9.21 Å². The highest BCUT2D eigenvalue weighted by atomic mass is 35.5. The first-order chi connectivity index (χ1) is 11.8. The van der Waals surface area contributed by atoms with Gasteiger partial charge in [0.05, 0.1) is 10.5 Å². The Morgan fingerprint density at radius 3 is 2.20 bits per heavy atom. The monoisotopic (exact) mass is 382 g/mol. The smallest absolute Gasteiger partial charge is 0.257 e. The summed E-state index contributed by atoms with van der Waals surface area (Å²) in [5.74, 6) is 1.14. The maximum atomic E-state index is 12.7. The van der Waals surface area contributed by atoms with Crippen molar-refractivity contribution in [3.05, 3.63) is 52.4 Å². The number of sulfonamides is 1. The van der Waals surface area contributed by atoms with E-state index in [2.05, 4.69) is 0 Å². The molecule has 0 unspecified atom stereocenters. The Kier molecular flexibility index (Phi) is 4.90. The first-order valence-corrected chi connectivity index (χ1v) is 9.73. The van der Waals surface area contributed by atoms with Crippen LogP contribution in [0.3, 0.4) is 0 Å². The zero-order valence-electron chi connectivity index (χ0n) is 14.0. The van der Waals surface area contributed by atoms with Gasteiger partial charge >= 0.3 is 0 Å². The standard InChI is InChI=1S/C17H19ClN2O4S/c1-12-11-16(13(2)24-12)17(21)19-7-9-20(10-8-19)25(22,23)15-5-3-14(18)4-6-15/h3-6,11H,7-10H2,1-2H3. The minimum absolute atomic E-state index is 0.127. The van der Waals surface area contributed by atoms with Gasteiger partial charge < -0.3 is 9.32 Å². The summed E-state index contributed by atoms with van der Waals surface area (Å²) in [4.78, 5) is 14.4. The molecular weight excluding hydrogens is 364 g/mol. The predicted octanol–water partition coefficient (Wildman–Crippen LogP) is 2.70. The molecule has 2 aromatic rings. The Labute approximate surface area is 152 Å². The van der Waals surface area contributed by atoms with E-state index in [9.17, 15) is 13.2 Å². The normalized spacial score (nSPS) is 16.2. The molecular formula is C17H19ClN2O4S. The highest BCUT2D eigenvalue weighted by molar-refractivity contribution is 7.89. The molecule has 0 saturated carbocycles. The molecule has 0 atom stereocenters.